The summed E-state index contributed by atoms with van der Waals surface area (Å²) >= 11 is 0. The lowest BCUT2D eigenvalue weighted by Gasteiger charge is -2.18. The highest BCUT2D eigenvalue weighted by Gasteiger charge is 2.30. The van der Waals surface area contributed by atoms with Crippen LogP contribution in [0.4, 0.5) is 0 Å². The summed E-state index contributed by atoms with van der Waals surface area (Å²) in [6, 6.07) is -0.904. The molecule has 8 heteroatoms. The Labute approximate surface area is 119 Å². The Kier molecular flexibility index (Phi) is 5.29. The Morgan fingerprint density at radius 2 is 2.00 bits per heavy atom. The number of nitrogens with one attached hydrogen (secondary N) is 2. The van der Waals surface area contributed by atoms with Crippen molar-refractivity contribution in [3.8, 4) is 0 Å². The summed E-state index contributed by atoms with van der Waals surface area (Å²) in [5.41, 5.74) is 0.798. The number of methoxy groups -OCH3 is 1. The van der Waals surface area contributed by atoms with Gasteiger partial charge in [0.2, 0.25) is 10.0 Å². The van der Waals surface area contributed by atoms with Crippen molar-refractivity contribution in [1.29, 1.82) is 0 Å². The lowest BCUT2D eigenvalue weighted by molar-refractivity contribution is -0.143. The lowest BCUT2D eigenvalue weighted by atomic mass is 10.1. The number of ether oxygens (including phenoxy) is 1. The van der Waals surface area contributed by atoms with Gasteiger partial charge in [-0.1, -0.05) is 13.8 Å². The van der Waals surface area contributed by atoms with Crippen molar-refractivity contribution in [2.24, 2.45) is 5.92 Å². The van der Waals surface area contributed by atoms with Crippen LogP contribution in [0.2, 0.25) is 0 Å². The molecule has 1 unspecified atom stereocenters. The number of H-pyrrole nitrogens is 1. The number of aryl methyl sites for hydroxylation is 2. The van der Waals surface area contributed by atoms with E-state index in [1.807, 2.05) is 13.8 Å². The topological polar surface area (TPSA) is 101 Å². The van der Waals surface area contributed by atoms with E-state index in [2.05, 4.69) is 19.7 Å². The van der Waals surface area contributed by atoms with Crippen LogP contribution >= 0.6 is 0 Å². The molecular weight excluding hydrogens is 282 g/mol. The molecule has 0 aromatic carbocycles. The van der Waals surface area contributed by atoms with E-state index in [4.69, 9.17) is 0 Å². The number of hydrogen-bond acceptors (Lipinski definition) is 5. The maximum Gasteiger partial charge on any atom is 0.323 e. The summed E-state index contributed by atoms with van der Waals surface area (Å²) < 4.78 is 31.8. The molecule has 0 bridgehead atoms. The zero-order valence-electron chi connectivity index (χ0n) is 12.4. The van der Waals surface area contributed by atoms with E-state index in [-0.39, 0.29) is 10.8 Å². The number of aromatic amines is 1. The lowest BCUT2D eigenvalue weighted by Crippen LogP contribution is -2.42. The van der Waals surface area contributed by atoms with Crippen LogP contribution in [-0.4, -0.2) is 37.7 Å². The molecule has 7 nitrogen and oxygen atoms in total. The van der Waals surface area contributed by atoms with E-state index in [1.165, 1.54) is 7.11 Å². The number of aromatic nitrogens is 2. The molecular formula is C12H21N3O4S. The molecule has 1 aromatic rings. The number of nitrogens with zero attached hydrogens (tertiary/aromatic N) is 1. The molecule has 0 aliphatic heterocycles. The number of esters is 1. The molecule has 20 heavy (non-hydrogen) atoms. The van der Waals surface area contributed by atoms with Crippen LogP contribution in [0.5, 0.6) is 0 Å². The summed E-state index contributed by atoms with van der Waals surface area (Å²) in [4.78, 5) is 11.8. The van der Waals surface area contributed by atoms with Gasteiger partial charge in [-0.05, 0) is 26.2 Å². The minimum Gasteiger partial charge on any atom is -0.468 e. The van der Waals surface area contributed by atoms with Gasteiger partial charge in [-0.25, -0.2) is 8.42 Å². The summed E-state index contributed by atoms with van der Waals surface area (Å²) in [7, 11) is -2.59. The molecule has 0 aliphatic rings. The van der Waals surface area contributed by atoms with Crippen molar-refractivity contribution in [1.82, 2.24) is 14.9 Å². The molecule has 0 fully saturated rings. The Morgan fingerprint density at radius 3 is 2.40 bits per heavy atom. The second kappa shape index (κ2) is 6.36. The third kappa shape index (κ3) is 3.80. The predicted octanol–water partition coefficient (Wildman–Crippen LogP) is 0.893. The normalized spacial score (nSPS) is 13.5. The first-order chi connectivity index (χ1) is 9.19. The molecule has 0 radical (unpaired) electrons. The maximum absolute atomic E-state index is 12.4. The van der Waals surface area contributed by atoms with Gasteiger partial charge in [-0.3, -0.25) is 9.89 Å². The first kappa shape index (κ1) is 16.6. The maximum atomic E-state index is 12.4. The molecule has 0 saturated heterocycles. The summed E-state index contributed by atoms with van der Waals surface area (Å²) in [6.07, 6.45) is 0.363. The monoisotopic (exact) mass is 303 g/mol. The van der Waals surface area contributed by atoms with E-state index >= 15 is 0 Å². The van der Waals surface area contributed by atoms with Gasteiger partial charge >= 0.3 is 5.97 Å². The molecule has 0 spiro atoms. The fraction of sp³-hybridized carbons (Fsp3) is 0.667. The number of rotatable bonds is 6. The van der Waals surface area contributed by atoms with Gasteiger partial charge < -0.3 is 4.74 Å². The standard InChI is InChI=1S/C12H21N3O4S/c1-7(2)6-10(12(16)19-5)15-20(17,18)11-8(3)13-14-9(11)4/h7,10,15H,6H2,1-5H3,(H,13,14). The third-order valence-corrected chi connectivity index (χ3v) is 4.55. The van der Waals surface area contributed by atoms with Gasteiger partial charge in [0, 0.05) is 0 Å². The van der Waals surface area contributed by atoms with Crippen LogP contribution in [-0.2, 0) is 19.6 Å². The second-order valence-electron chi connectivity index (χ2n) is 5.09. The molecule has 0 aliphatic carbocycles. The molecule has 1 rings (SSSR count). The summed E-state index contributed by atoms with van der Waals surface area (Å²) in [5, 5.41) is 6.47. The van der Waals surface area contributed by atoms with Crippen LogP contribution in [0.1, 0.15) is 31.7 Å². The fourth-order valence-corrected chi connectivity index (χ4v) is 3.56. The average molecular weight is 303 g/mol. The van der Waals surface area contributed by atoms with Crippen LogP contribution in [0.25, 0.3) is 0 Å². The SMILES string of the molecule is COC(=O)C(CC(C)C)NS(=O)(=O)c1c(C)n[nH]c1C. The highest BCUT2D eigenvalue weighted by atomic mass is 32.2. The smallest absolute Gasteiger partial charge is 0.323 e. The summed E-state index contributed by atoms with van der Waals surface area (Å²) in [5.74, 6) is -0.450. The first-order valence-electron chi connectivity index (χ1n) is 6.30. The van der Waals surface area contributed by atoms with E-state index < -0.39 is 22.0 Å². The van der Waals surface area contributed by atoms with Gasteiger partial charge in [-0.15, -0.1) is 0 Å². The van der Waals surface area contributed by atoms with Crippen molar-refractivity contribution < 1.29 is 17.9 Å². The highest BCUT2D eigenvalue weighted by molar-refractivity contribution is 7.89. The highest BCUT2D eigenvalue weighted by Crippen LogP contribution is 2.18. The van der Waals surface area contributed by atoms with E-state index in [1.54, 1.807) is 13.8 Å². The number of carbonyl (C=O) groups is 1. The molecule has 1 heterocycles. The zero-order chi connectivity index (χ0) is 15.5. The van der Waals surface area contributed by atoms with Crippen LogP contribution in [0.15, 0.2) is 4.90 Å². The summed E-state index contributed by atoms with van der Waals surface area (Å²) in [6.45, 7) is 7.01. The largest absolute Gasteiger partial charge is 0.468 e. The van der Waals surface area contributed by atoms with Gasteiger partial charge in [0.05, 0.1) is 18.5 Å². The van der Waals surface area contributed by atoms with Gasteiger partial charge in [0.25, 0.3) is 0 Å². The molecule has 2 N–H and O–H groups in total. The minimum absolute atomic E-state index is 0.0789. The molecule has 1 atom stereocenters. The van der Waals surface area contributed by atoms with Crippen molar-refractivity contribution in [3.63, 3.8) is 0 Å². The number of carbonyl (C=O) groups excluding carboxylic acids is 1. The molecule has 0 saturated carbocycles. The predicted molar refractivity (Wildman–Crippen MR) is 73.6 cm³/mol. The fourth-order valence-electron chi connectivity index (χ4n) is 1.99. The molecule has 1 aromatic heterocycles. The van der Waals surface area contributed by atoms with Crippen LogP contribution in [0.3, 0.4) is 0 Å². The van der Waals surface area contributed by atoms with Crippen molar-refractivity contribution in [2.75, 3.05) is 7.11 Å². The van der Waals surface area contributed by atoms with E-state index in [0.29, 0.717) is 17.8 Å². The first-order valence-corrected chi connectivity index (χ1v) is 7.79. The van der Waals surface area contributed by atoms with Gasteiger partial charge in [-0.2, -0.15) is 9.82 Å². The van der Waals surface area contributed by atoms with Crippen LogP contribution < -0.4 is 4.72 Å². The van der Waals surface area contributed by atoms with Crippen molar-refractivity contribution in [3.05, 3.63) is 11.4 Å². The number of sulfonamides is 1. The van der Waals surface area contributed by atoms with Crippen LogP contribution in [0, 0.1) is 19.8 Å². The van der Waals surface area contributed by atoms with E-state index in [9.17, 15) is 13.2 Å². The Morgan fingerprint density at radius 1 is 1.40 bits per heavy atom. The third-order valence-electron chi connectivity index (χ3n) is 2.82. The van der Waals surface area contributed by atoms with Gasteiger partial charge in [0.15, 0.2) is 0 Å². The Hall–Kier alpha value is -1.41. The van der Waals surface area contributed by atoms with Crippen molar-refractivity contribution >= 4 is 16.0 Å². The van der Waals surface area contributed by atoms with E-state index in [0.717, 1.165) is 0 Å². The zero-order valence-corrected chi connectivity index (χ0v) is 13.2. The Balaban J connectivity index is 3.06. The Bertz CT molecular complexity index is 558. The van der Waals surface area contributed by atoms with Crippen molar-refractivity contribution in [2.45, 2.75) is 45.1 Å². The minimum atomic E-state index is -3.82. The number of hydrogen-bond donors (Lipinski definition) is 2. The molecule has 0 amide bonds. The van der Waals surface area contributed by atoms with Gasteiger partial charge in [0.1, 0.15) is 10.9 Å². The molecule has 114 valence electrons. The quantitative estimate of drug-likeness (QED) is 0.760. The second-order valence-corrected chi connectivity index (χ2v) is 6.74. The average Bonchev–Trinajstić information content (AvgIpc) is 2.66.